The third kappa shape index (κ3) is 6.24. The Bertz CT molecular complexity index is 284. The van der Waals surface area contributed by atoms with E-state index in [4.69, 9.17) is 11.6 Å². The normalized spacial score (nSPS) is 23.4. The molecule has 104 valence electrons. The van der Waals surface area contributed by atoms with Crippen LogP contribution >= 0.6 is 11.6 Å². The summed E-state index contributed by atoms with van der Waals surface area (Å²) < 4.78 is 0. The van der Waals surface area contributed by atoms with E-state index in [1.54, 1.807) is 0 Å². The van der Waals surface area contributed by atoms with Crippen molar-refractivity contribution in [3.8, 4) is 0 Å². The van der Waals surface area contributed by atoms with Crippen molar-refractivity contribution in [3.05, 3.63) is 0 Å². The number of hydrogen-bond donors (Lipinski definition) is 2. The first-order valence-electron chi connectivity index (χ1n) is 6.75. The number of carbonyl (C=O) groups excluding carboxylic acids is 2. The van der Waals surface area contributed by atoms with Gasteiger partial charge in [0.25, 0.3) is 0 Å². The molecule has 1 aliphatic carbocycles. The average Bonchev–Trinajstić information content (AvgIpc) is 2.29. The van der Waals surface area contributed by atoms with Crippen LogP contribution < -0.4 is 10.6 Å². The molecule has 2 atom stereocenters. The van der Waals surface area contributed by atoms with E-state index in [9.17, 15) is 9.59 Å². The molecule has 0 aliphatic heterocycles. The molecule has 1 saturated carbocycles. The molecule has 1 aliphatic rings. The first-order valence-corrected chi connectivity index (χ1v) is 7.29. The minimum atomic E-state index is -0.408. The summed E-state index contributed by atoms with van der Waals surface area (Å²) in [4.78, 5) is 22.5. The highest BCUT2D eigenvalue weighted by atomic mass is 35.5. The number of alkyl halides is 1. The van der Waals surface area contributed by atoms with E-state index in [2.05, 4.69) is 17.6 Å². The Morgan fingerprint density at radius 2 is 2.11 bits per heavy atom. The second kappa shape index (κ2) is 8.35. The van der Waals surface area contributed by atoms with Crippen molar-refractivity contribution in [2.45, 2.75) is 45.4 Å². The predicted molar refractivity (Wildman–Crippen MR) is 72.6 cm³/mol. The lowest BCUT2D eigenvalue weighted by Gasteiger charge is -2.26. The van der Waals surface area contributed by atoms with Crippen LogP contribution in [0.5, 0.6) is 0 Å². The summed E-state index contributed by atoms with van der Waals surface area (Å²) in [6, 6.07) is -0.408. The Balaban J connectivity index is 2.09. The van der Waals surface area contributed by atoms with E-state index in [0.29, 0.717) is 12.5 Å². The Labute approximate surface area is 114 Å². The minimum absolute atomic E-state index is 0.176. The molecule has 3 amide bonds. The standard InChI is InChI=1S/C13H23ClN2O2/c1-10-3-2-4-11(9-10)6-8-15-13(18)16-12(17)5-7-14/h10-11H,2-9H2,1H3,(H2,15,16,17,18). The fourth-order valence-electron chi connectivity index (χ4n) is 2.53. The second-order valence-corrected chi connectivity index (χ2v) is 5.55. The van der Waals surface area contributed by atoms with Gasteiger partial charge < -0.3 is 5.32 Å². The number of hydrogen-bond acceptors (Lipinski definition) is 2. The Hall–Kier alpha value is -0.770. The predicted octanol–water partition coefficient (Wildman–Crippen LogP) is 2.66. The number of halogens is 1. The number of urea groups is 1. The molecule has 1 rings (SSSR count). The van der Waals surface area contributed by atoms with Gasteiger partial charge >= 0.3 is 6.03 Å². The summed E-state index contributed by atoms with van der Waals surface area (Å²) in [6.07, 6.45) is 6.33. The van der Waals surface area contributed by atoms with Crippen molar-refractivity contribution in [3.63, 3.8) is 0 Å². The largest absolute Gasteiger partial charge is 0.338 e. The van der Waals surface area contributed by atoms with Gasteiger partial charge in [-0.2, -0.15) is 0 Å². The minimum Gasteiger partial charge on any atom is -0.338 e. The Kier molecular flexibility index (Phi) is 7.09. The number of carbonyl (C=O) groups is 2. The lowest BCUT2D eigenvalue weighted by Crippen LogP contribution is -2.40. The quantitative estimate of drug-likeness (QED) is 0.757. The summed E-state index contributed by atoms with van der Waals surface area (Å²) in [7, 11) is 0. The lowest BCUT2D eigenvalue weighted by atomic mass is 9.81. The number of nitrogens with one attached hydrogen (secondary N) is 2. The fourth-order valence-corrected chi connectivity index (χ4v) is 2.70. The van der Waals surface area contributed by atoms with Gasteiger partial charge in [0.1, 0.15) is 0 Å². The second-order valence-electron chi connectivity index (χ2n) is 5.17. The van der Waals surface area contributed by atoms with E-state index < -0.39 is 6.03 Å². The molecule has 5 heteroatoms. The van der Waals surface area contributed by atoms with E-state index >= 15 is 0 Å². The summed E-state index contributed by atoms with van der Waals surface area (Å²) in [6.45, 7) is 2.93. The third-order valence-corrected chi connectivity index (χ3v) is 3.65. The van der Waals surface area contributed by atoms with Crippen LogP contribution in [0.1, 0.15) is 45.4 Å². The van der Waals surface area contributed by atoms with E-state index in [0.717, 1.165) is 12.3 Å². The molecule has 1 fully saturated rings. The van der Waals surface area contributed by atoms with Gasteiger partial charge in [0.05, 0.1) is 0 Å². The van der Waals surface area contributed by atoms with Gasteiger partial charge in [-0.25, -0.2) is 4.79 Å². The summed E-state index contributed by atoms with van der Waals surface area (Å²) in [5, 5.41) is 4.97. The molecule has 18 heavy (non-hydrogen) atoms. The maximum atomic E-state index is 11.3. The molecule has 0 aromatic rings. The molecule has 0 aromatic carbocycles. The zero-order valence-electron chi connectivity index (χ0n) is 11.0. The molecule has 0 saturated heterocycles. The van der Waals surface area contributed by atoms with Gasteiger partial charge in [0, 0.05) is 18.8 Å². The van der Waals surface area contributed by atoms with Crippen LogP contribution in [-0.2, 0) is 4.79 Å². The van der Waals surface area contributed by atoms with Gasteiger partial charge in [0.15, 0.2) is 0 Å². The molecule has 0 heterocycles. The SMILES string of the molecule is CC1CCCC(CCNC(=O)NC(=O)CCCl)C1. The maximum absolute atomic E-state index is 11.3. The topological polar surface area (TPSA) is 58.2 Å². The highest BCUT2D eigenvalue weighted by molar-refractivity contribution is 6.19. The summed E-state index contributed by atoms with van der Waals surface area (Å²) in [5.74, 6) is 1.43. The smallest absolute Gasteiger partial charge is 0.321 e. The average molecular weight is 275 g/mol. The van der Waals surface area contributed by atoms with Crippen molar-refractivity contribution in [1.82, 2.24) is 10.6 Å². The van der Waals surface area contributed by atoms with E-state index in [1.165, 1.54) is 25.7 Å². The third-order valence-electron chi connectivity index (χ3n) is 3.46. The van der Waals surface area contributed by atoms with Gasteiger partial charge in [-0.05, 0) is 24.7 Å². The van der Waals surface area contributed by atoms with Crippen LogP contribution in [0.3, 0.4) is 0 Å². The van der Waals surface area contributed by atoms with Gasteiger partial charge in [-0.3, -0.25) is 10.1 Å². The molecule has 0 radical (unpaired) electrons. The molecule has 2 N–H and O–H groups in total. The van der Waals surface area contributed by atoms with Gasteiger partial charge in [-0.15, -0.1) is 11.6 Å². The Morgan fingerprint density at radius 3 is 2.78 bits per heavy atom. The van der Waals surface area contributed by atoms with Crippen molar-refractivity contribution in [2.75, 3.05) is 12.4 Å². The van der Waals surface area contributed by atoms with Crippen molar-refractivity contribution < 1.29 is 9.59 Å². The zero-order valence-corrected chi connectivity index (χ0v) is 11.8. The van der Waals surface area contributed by atoms with Crippen LogP contribution in [0.15, 0.2) is 0 Å². The van der Waals surface area contributed by atoms with Crippen LogP contribution in [0.2, 0.25) is 0 Å². The first-order chi connectivity index (χ1) is 8.61. The monoisotopic (exact) mass is 274 g/mol. The van der Waals surface area contributed by atoms with Crippen molar-refractivity contribution >= 4 is 23.5 Å². The molecule has 2 unspecified atom stereocenters. The van der Waals surface area contributed by atoms with Gasteiger partial charge in [-0.1, -0.05) is 26.2 Å². The van der Waals surface area contributed by atoms with E-state index in [1.807, 2.05) is 0 Å². The van der Waals surface area contributed by atoms with Crippen LogP contribution in [0.25, 0.3) is 0 Å². The van der Waals surface area contributed by atoms with Crippen molar-refractivity contribution in [1.29, 1.82) is 0 Å². The number of imide groups is 1. The molecule has 0 spiro atoms. The summed E-state index contributed by atoms with van der Waals surface area (Å²) in [5.41, 5.74) is 0. The Morgan fingerprint density at radius 1 is 1.33 bits per heavy atom. The zero-order chi connectivity index (χ0) is 13.4. The van der Waals surface area contributed by atoms with Crippen LogP contribution in [0, 0.1) is 11.8 Å². The highest BCUT2D eigenvalue weighted by Gasteiger charge is 2.18. The number of amides is 3. The molecule has 0 bridgehead atoms. The fraction of sp³-hybridized carbons (Fsp3) is 0.846. The molecule has 0 aromatic heterocycles. The van der Waals surface area contributed by atoms with Crippen LogP contribution in [-0.4, -0.2) is 24.4 Å². The van der Waals surface area contributed by atoms with Crippen LogP contribution in [0.4, 0.5) is 4.79 Å². The van der Waals surface area contributed by atoms with Crippen molar-refractivity contribution in [2.24, 2.45) is 11.8 Å². The molecular weight excluding hydrogens is 252 g/mol. The van der Waals surface area contributed by atoms with E-state index in [-0.39, 0.29) is 18.2 Å². The highest BCUT2D eigenvalue weighted by Crippen LogP contribution is 2.30. The first kappa shape index (κ1) is 15.3. The lowest BCUT2D eigenvalue weighted by molar-refractivity contribution is -0.119. The maximum Gasteiger partial charge on any atom is 0.321 e. The van der Waals surface area contributed by atoms with Gasteiger partial charge in [0.2, 0.25) is 5.91 Å². The number of rotatable bonds is 5. The summed E-state index contributed by atoms with van der Waals surface area (Å²) >= 11 is 5.41. The molecular formula is C13H23ClN2O2. The molecule has 4 nitrogen and oxygen atoms in total.